The fourth-order valence-electron chi connectivity index (χ4n) is 3.19. The van der Waals surface area contributed by atoms with Gasteiger partial charge in [0.1, 0.15) is 5.75 Å². The van der Waals surface area contributed by atoms with E-state index in [0.29, 0.717) is 0 Å². The Balaban J connectivity index is 1.60. The second-order valence-electron chi connectivity index (χ2n) is 6.39. The highest BCUT2D eigenvalue weighted by molar-refractivity contribution is 5.69. The molecule has 1 heterocycles. The zero-order valence-electron chi connectivity index (χ0n) is 14.5. The Labute approximate surface area is 145 Å². The third-order valence-corrected chi connectivity index (χ3v) is 4.57. The van der Waals surface area contributed by atoms with E-state index in [1.807, 2.05) is 6.07 Å². The van der Waals surface area contributed by atoms with Crippen LogP contribution in [0.25, 0.3) is 12.2 Å². The van der Waals surface area contributed by atoms with E-state index >= 15 is 0 Å². The number of likely N-dealkylation sites (tertiary alicyclic amines) is 1. The summed E-state index contributed by atoms with van der Waals surface area (Å²) in [4.78, 5) is 2.48. The van der Waals surface area contributed by atoms with Gasteiger partial charge in [-0.25, -0.2) is 0 Å². The van der Waals surface area contributed by atoms with Crippen LogP contribution in [0.4, 0.5) is 0 Å². The van der Waals surface area contributed by atoms with Crippen molar-refractivity contribution in [2.75, 3.05) is 13.1 Å². The van der Waals surface area contributed by atoms with E-state index in [4.69, 9.17) is 4.74 Å². The molecule has 1 unspecified atom stereocenters. The molecule has 1 atom stereocenters. The molecule has 0 N–H and O–H groups in total. The molecule has 0 saturated carbocycles. The van der Waals surface area contributed by atoms with Crippen molar-refractivity contribution in [3.63, 3.8) is 0 Å². The van der Waals surface area contributed by atoms with Gasteiger partial charge in [0.15, 0.2) is 6.23 Å². The predicted octanol–water partition coefficient (Wildman–Crippen LogP) is 5.46. The molecule has 0 radical (unpaired) electrons. The van der Waals surface area contributed by atoms with Crippen molar-refractivity contribution in [2.45, 2.75) is 38.8 Å². The van der Waals surface area contributed by atoms with Gasteiger partial charge in [0.05, 0.1) is 0 Å². The number of ether oxygens (including phenoxy) is 1. The lowest BCUT2D eigenvalue weighted by atomic mass is 10.1. The fraction of sp³-hybridized carbons (Fsp3) is 0.364. The molecule has 3 rings (SSSR count). The number of benzene rings is 2. The summed E-state index contributed by atoms with van der Waals surface area (Å²) in [5, 5.41) is 0. The Hall–Kier alpha value is -2.06. The van der Waals surface area contributed by atoms with Crippen LogP contribution in [0.1, 0.15) is 43.7 Å². The molecule has 1 aliphatic rings. The summed E-state index contributed by atoms with van der Waals surface area (Å²) >= 11 is 0. The normalized spacial score (nSPS) is 17.0. The molecule has 1 aliphatic heterocycles. The van der Waals surface area contributed by atoms with Crippen molar-refractivity contribution in [2.24, 2.45) is 0 Å². The standard InChI is InChI=1S/C22H27NO/c1-2-22(23-17-7-4-8-18-23)24-21-15-13-20(14-16-21)12-11-19-9-5-3-6-10-19/h3,5-6,9-16,22H,2,4,7-8,17-18H2,1H3/b12-11+. The summed E-state index contributed by atoms with van der Waals surface area (Å²) in [6.45, 7) is 4.53. The maximum Gasteiger partial charge on any atom is 0.152 e. The van der Waals surface area contributed by atoms with E-state index in [1.54, 1.807) is 0 Å². The van der Waals surface area contributed by atoms with Gasteiger partial charge in [-0.05, 0) is 42.5 Å². The van der Waals surface area contributed by atoms with Gasteiger partial charge < -0.3 is 4.74 Å². The van der Waals surface area contributed by atoms with Gasteiger partial charge in [0.2, 0.25) is 0 Å². The molecule has 0 spiro atoms. The lowest BCUT2D eigenvalue weighted by molar-refractivity contribution is 0.00982. The molecule has 1 fully saturated rings. The minimum atomic E-state index is 0.205. The Morgan fingerprint density at radius 2 is 1.50 bits per heavy atom. The molecule has 0 aliphatic carbocycles. The third kappa shape index (κ3) is 4.72. The molecule has 24 heavy (non-hydrogen) atoms. The molecule has 2 nitrogen and oxygen atoms in total. The van der Waals surface area contributed by atoms with Crippen molar-refractivity contribution in [3.8, 4) is 5.75 Å². The van der Waals surface area contributed by atoms with E-state index < -0.39 is 0 Å². The van der Waals surface area contributed by atoms with Crippen molar-refractivity contribution >= 4 is 12.2 Å². The van der Waals surface area contributed by atoms with Gasteiger partial charge in [-0.2, -0.15) is 0 Å². The van der Waals surface area contributed by atoms with Crippen LogP contribution in [0.15, 0.2) is 54.6 Å². The SMILES string of the molecule is CCC(Oc1ccc(/C=C/c2ccccc2)cc1)N1CCCCC1. The highest BCUT2D eigenvalue weighted by Crippen LogP contribution is 2.20. The van der Waals surface area contributed by atoms with Gasteiger partial charge in [0.25, 0.3) is 0 Å². The average Bonchev–Trinajstić information content (AvgIpc) is 2.67. The van der Waals surface area contributed by atoms with Gasteiger partial charge in [-0.15, -0.1) is 0 Å². The molecule has 0 bridgehead atoms. The molecule has 0 amide bonds. The molecule has 2 aromatic carbocycles. The zero-order valence-corrected chi connectivity index (χ0v) is 14.5. The highest BCUT2D eigenvalue weighted by Gasteiger charge is 2.20. The smallest absolute Gasteiger partial charge is 0.152 e. The van der Waals surface area contributed by atoms with Crippen molar-refractivity contribution < 1.29 is 4.74 Å². The number of nitrogens with zero attached hydrogens (tertiary/aromatic N) is 1. The number of hydrogen-bond acceptors (Lipinski definition) is 2. The van der Waals surface area contributed by atoms with Crippen LogP contribution in [-0.4, -0.2) is 24.2 Å². The second-order valence-corrected chi connectivity index (χ2v) is 6.39. The van der Waals surface area contributed by atoms with Crippen molar-refractivity contribution in [1.82, 2.24) is 4.90 Å². The highest BCUT2D eigenvalue weighted by atomic mass is 16.5. The van der Waals surface area contributed by atoms with Crippen LogP contribution < -0.4 is 4.74 Å². The first-order chi connectivity index (χ1) is 11.8. The maximum atomic E-state index is 6.22. The zero-order chi connectivity index (χ0) is 16.6. The molecule has 126 valence electrons. The summed E-state index contributed by atoms with van der Waals surface area (Å²) in [6, 6.07) is 18.8. The molecule has 0 aromatic heterocycles. The minimum Gasteiger partial charge on any atom is -0.475 e. The lowest BCUT2D eigenvalue weighted by Crippen LogP contribution is -2.42. The summed E-state index contributed by atoms with van der Waals surface area (Å²) in [7, 11) is 0. The van der Waals surface area contributed by atoms with Crippen molar-refractivity contribution in [1.29, 1.82) is 0 Å². The monoisotopic (exact) mass is 321 g/mol. The summed E-state index contributed by atoms with van der Waals surface area (Å²) in [5.74, 6) is 0.962. The molecule has 2 aromatic rings. The summed E-state index contributed by atoms with van der Waals surface area (Å²) in [6.07, 6.45) is 9.45. The van der Waals surface area contributed by atoms with Gasteiger partial charge >= 0.3 is 0 Å². The first kappa shape index (κ1) is 16.8. The van der Waals surface area contributed by atoms with E-state index in [0.717, 1.165) is 25.3 Å². The van der Waals surface area contributed by atoms with Crippen LogP contribution in [0, 0.1) is 0 Å². The van der Waals surface area contributed by atoms with Crippen molar-refractivity contribution in [3.05, 3.63) is 65.7 Å². The van der Waals surface area contributed by atoms with Crippen LogP contribution in [0.3, 0.4) is 0 Å². The molecular weight excluding hydrogens is 294 g/mol. The summed E-state index contributed by atoms with van der Waals surface area (Å²) < 4.78 is 6.22. The topological polar surface area (TPSA) is 12.5 Å². The first-order valence-corrected chi connectivity index (χ1v) is 9.09. The largest absolute Gasteiger partial charge is 0.475 e. The Bertz CT molecular complexity index is 627. The number of hydrogen-bond donors (Lipinski definition) is 0. The number of piperidine rings is 1. The predicted molar refractivity (Wildman–Crippen MR) is 102 cm³/mol. The van der Waals surface area contributed by atoms with Gasteiger partial charge in [0, 0.05) is 13.1 Å². The van der Waals surface area contributed by atoms with Crippen LogP contribution in [0.2, 0.25) is 0 Å². The average molecular weight is 321 g/mol. The van der Waals surface area contributed by atoms with Crippen LogP contribution >= 0.6 is 0 Å². The Morgan fingerprint density at radius 1 is 0.875 bits per heavy atom. The van der Waals surface area contributed by atoms with E-state index in [2.05, 4.69) is 72.5 Å². The number of rotatable bonds is 6. The van der Waals surface area contributed by atoms with E-state index in [9.17, 15) is 0 Å². The molecule has 2 heteroatoms. The van der Waals surface area contributed by atoms with Crippen LogP contribution in [0.5, 0.6) is 5.75 Å². The van der Waals surface area contributed by atoms with E-state index in [-0.39, 0.29) is 6.23 Å². The third-order valence-electron chi connectivity index (χ3n) is 4.57. The lowest BCUT2D eigenvalue weighted by Gasteiger charge is -2.34. The fourth-order valence-corrected chi connectivity index (χ4v) is 3.19. The first-order valence-electron chi connectivity index (χ1n) is 9.09. The molecular formula is C22H27NO. The maximum absolute atomic E-state index is 6.22. The Kier molecular flexibility index (Phi) is 6.08. The quantitative estimate of drug-likeness (QED) is 0.655. The summed E-state index contributed by atoms with van der Waals surface area (Å²) in [5.41, 5.74) is 2.41. The van der Waals surface area contributed by atoms with Gasteiger partial charge in [-0.3, -0.25) is 4.90 Å². The Morgan fingerprint density at radius 3 is 2.12 bits per heavy atom. The van der Waals surface area contributed by atoms with E-state index in [1.165, 1.54) is 30.4 Å². The van der Waals surface area contributed by atoms with Crippen LogP contribution in [-0.2, 0) is 0 Å². The second kappa shape index (κ2) is 8.70. The molecule has 1 saturated heterocycles. The van der Waals surface area contributed by atoms with Gasteiger partial charge in [-0.1, -0.05) is 68.0 Å². The minimum absolute atomic E-state index is 0.205.